The second-order valence-corrected chi connectivity index (χ2v) is 4.83. The van der Waals surface area contributed by atoms with Gasteiger partial charge in [0, 0.05) is 6.54 Å². The molecule has 0 radical (unpaired) electrons. The van der Waals surface area contributed by atoms with Gasteiger partial charge in [0.25, 0.3) is 0 Å². The topological polar surface area (TPSA) is 38.3 Å². The third kappa shape index (κ3) is 6.39. The standard InChI is InChI=1S/C16H25NO2/c1-4-14-7-6-13(3)10-15(9-8-14)11-17-12-16(18)19-5-2/h7-10,13,17H,4-6,11-12H2,1-3H3. The van der Waals surface area contributed by atoms with Crippen LogP contribution in [0.5, 0.6) is 0 Å². The summed E-state index contributed by atoms with van der Waals surface area (Å²) < 4.78 is 4.88. The van der Waals surface area contributed by atoms with E-state index in [0.29, 0.717) is 19.1 Å². The summed E-state index contributed by atoms with van der Waals surface area (Å²) in [5.74, 6) is 0.339. The van der Waals surface area contributed by atoms with E-state index in [4.69, 9.17) is 4.74 Å². The monoisotopic (exact) mass is 263 g/mol. The van der Waals surface area contributed by atoms with Gasteiger partial charge in [-0.2, -0.15) is 0 Å². The van der Waals surface area contributed by atoms with E-state index >= 15 is 0 Å². The first-order valence-corrected chi connectivity index (χ1v) is 7.09. The summed E-state index contributed by atoms with van der Waals surface area (Å²) in [6.45, 7) is 7.61. The minimum atomic E-state index is -0.194. The van der Waals surface area contributed by atoms with Gasteiger partial charge in [-0.1, -0.05) is 43.7 Å². The maximum atomic E-state index is 11.2. The van der Waals surface area contributed by atoms with Gasteiger partial charge in [0.2, 0.25) is 0 Å². The lowest BCUT2D eigenvalue weighted by Crippen LogP contribution is -2.26. The van der Waals surface area contributed by atoms with Gasteiger partial charge in [0.15, 0.2) is 0 Å². The molecule has 1 rings (SSSR count). The van der Waals surface area contributed by atoms with Gasteiger partial charge < -0.3 is 10.1 Å². The molecule has 106 valence electrons. The fourth-order valence-electron chi connectivity index (χ4n) is 2.01. The Kier molecular flexibility index (Phi) is 7.19. The SMILES string of the molecule is CCOC(=O)CNCC1=CC(C)CC=C(CC)C=C1. The Bertz CT molecular complexity index is 380. The Morgan fingerprint density at radius 2 is 2.11 bits per heavy atom. The van der Waals surface area contributed by atoms with E-state index in [0.717, 1.165) is 12.8 Å². The predicted molar refractivity (Wildman–Crippen MR) is 78.9 cm³/mol. The smallest absolute Gasteiger partial charge is 0.319 e. The van der Waals surface area contributed by atoms with Crippen molar-refractivity contribution in [2.24, 2.45) is 5.92 Å². The summed E-state index contributed by atoms with van der Waals surface area (Å²) in [4.78, 5) is 11.2. The Balaban J connectivity index is 2.49. The molecule has 19 heavy (non-hydrogen) atoms. The third-order valence-electron chi connectivity index (χ3n) is 3.07. The first-order valence-electron chi connectivity index (χ1n) is 7.09. The van der Waals surface area contributed by atoms with Crippen molar-refractivity contribution in [2.45, 2.75) is 33.6 Å². The zero-order valence-corrected chi connectivity index (χ0v) is 12.2. The molecule has 1 unspecified atom stereocenters. The van der Waals surface area contributed by atoms with Gasteiger partial charge in [0.1, 0.15) is 0 Å². The van der Waals surface area contributed by atoms with Crippen molar-refractivity contribution < 1.29 is 9.53 Å². The van der Waals surface area contributed by atoms with E-state index < -0.39 is 0 Å². The summed E-state index contributed by atoms with van der Waals surface area (Å²) in [7, 11) is 0. The maximum absolute atomic E-state index is 11.2. The minimum absolute atomic E-state index is 0.194. The van der Waals surface area contributed by atoms with Crippen LogP contribution < -0.4 is 5.32 Å². The van der Waals surface area contributed by atoms with E-state index in [9.17, 15) is 4.79 Å². The molecule has 0 aromatic carbocycles. The number of rotatable bonds is 6. The fraction of sp³-hybridized carbons (Fsp3) is 0.562. The van der Waals surface area contributed by atoms with Crippen molar-refractivity contribution in [1.29, 1.82) is 0 Å². The average molecular weight is 263 g/mol. The highest BCUT2D eigenvalue weighted by atomic mass is 16.5. The molecule has 1 aliphatic rings. The quantitative estimate of drug-likeness (QED) is 0.749. The molecule has 0 spiro atoms. The van der Waals surface area contributed by atoms with Gasteiger partial charge in [-0.3, -0.25) is 4.79 Å². The molecule has 3 heteroatoms. The molecule has 0 heterocycles. The third-order valence-corrected chi connectivity index (χ3v) is 3.07. The van der Waals surface area contributed by atoms with Crippen LogP contribution in [0.25, 0.3) is 0 Å². The van der Waals surface area contributed by atoms with Gasteiger partial charge in [-0.15, -0.1) is 0 Å². The van der Waals surface area contributed by atoms with Crippen molar-refractivity contribution in [2.75, 3.05) is 19.7 Å². The first-order chi connectivity index (χ1) is 9.15. The van der Waals surface area contributed by atoms with Crippen LogP contribution in [0.4, 0.5) is 0 Å². The average Bonchev–Trinajstić information content (AvgIpc) is 2.36. The molecule has 0 aromatic heterocycles. The number of hydrogen-bond donors (Lipinski definition) is 1. The number of carbonyl (C=O) groups excluding carboxylic acids is 1. The van der Waals surface area contributed by atoms with Gasteiger partial charge in [0.05, 0.1) is 13.2 Å². The number of allylic oxidation sites excluding steroid dienone is 4. The fourth-order valence-corrected chi connectivity index (χ4v) is 2.01. The zero-order chi connectivity index (χ0) is 14.1. The van der Waals surface area contributed by atoms with Crippen molar-refractivity contribution in [3.8, 4) is 0 Å². The largest absolute Gasteiger partial charge is 0.465 e. The molecular formula is C16H25NO2. The Hall–Kier alpha value is -1.35. The molecule has 0 bridgehead atoms. The van der Waals surface area contributed by atoms with Crippen LogP contribution in [0.2, 0.25) is 0 Å². The lowest BCUT2D eigenvalue weighted by Gasteiger charge is -2.12. The number of nitrogens with one attached hydrogen (secondary N) is 1. The number of ether oxygens (including phenoxy) is 1. The highest BCUT2D eigenvalue weighted by molar-refractivity contribution is 5.71. The molecule has 0 aromatic rings. The van der Waals surface area contributed by atoms with Crippen LogP contribution in [0.1, 0.15) is 33.6 Å². The molecule has 1 N–H and O–H groups in total. The molecule has 1 atom stereocenters. The van der Waals surface area contributed by atoms with Crippen LogP contribution >= 0.6 is 0 Å². The molecule has 1 aliphatic carbocycles. The Labute approximate surface area is 116 Å². The van der Waals surface area contributed by atoms with Gasteiger partial charge in [-0.25, -0.2) is 0 Å². The summed E-state index contributed by atoms with van der Waals surface area (Å²) in [5, 5.41) is 3.13. The highest BCUT2D eigenvalue weighted by Gasteiger charge is 2.05. The van der Waals surface area contributed by atoms with Gasteiger partial charge in [-0.05, 0) is 31.3 Å². The van der Waals surface area contributed by atoms with E-state index in [-0.39, 0.29) is 12.5 Å². The van der Waals surface area contributed by atoms with Crippen molar-refractivity contribution in [1.82, 2.24) is 5.32 Å². The molecule has 0 amide bonds. The lowest BCUT2D eigenvalue weighted by molar-refractivity contribution is -0.141. The van der Waals surface area contributed by atoms with E-state index in [2.05, 4.69) is 43.5 Å². The first kappa shape index (κ1) is 15.7. The molecular weight excluding hydrogens is 238 g/mol. The summed E-state index contributed by atoms with van der Waals surface area (Å²) in [6.07, 6.45) is 11.0. The zero-order valence-electron chi connectivity index (χ0n) is 12.2. The Morgan fingerprint density at radius 1 is 1.37 bits per heavy atom. The number of hydrogen-bond acceptors (Lipinski definition) is 3. The highest BCUT2D eigenvalue weighted by Crippen LogP contribution is 2.17. The van der Waals surface area contributed by atoms with E-state index in [1.165, 1.54) is 11.1 Å². The Morgan fingerprint density at radius 3 is 2.79 bits per heavy atom. The van der Waals surface area contributed by atoms with E-state index in [1.807, 2.05) is 6.92 Å². The molecule has 0 aliphatic heterocycles. The molecule has 3 nitrogen and oxygen atoms in total. The summed E-state index contributed by atoms with van der Waals surface area (Å²) >= 11 is 0. The van der Waals surface area contributed by atoms with Crippen LogP contribution in [-0.4, -0.2) is 25.7 Å². The van der Waals surface area contributed by atoms with Gasteiger partial charge >= 0.3 is 5.97 Å². The van der Waals surface area contributed by atoms with Crippen molar-refractivity contribution >= 4 is 5.97 Å². The van der Waals surface area contributed by atoms with E-state index in [1.54, 1.807) is 0 Å². The van der Waals surface area contributed by atoms with Crippen LogP contribution in [0.3, 0.4) is 0 Å². The summed E-state index contributed by atoms with van der Waals surface area (Å²) in [5.41, 5.74) is 2.61. The molecule has 0 fully saturated rings. The van der Waals surface area contributed by atoms with Crippen LogP contribution in [-0.2, 0) is 9.53 Å². The predicted octanol–water partition coefficient (Wildman–Crippen LogP) is 3.00. The number of carbonyl (C=O) groups is 1. The van der Waals surface area contributed by atoms with Crippen LogP contribution in [0, 0.1) is 5.92 Å². The number of esters is 1. The van der Waals surface area contributed by atoms with Crippen molar-refractivity contribution in [3.05, 3.63) is 35.5 Å². The van der Waals surface area contributed by atoms with Crippen molar-refractivity contribution in [3.63, 3.8) is 0 Å². The molecule has 0 saturated heterocycles. The lowest BCUT2D eigenvalue weighted by atomic mass is 9.97. The molecule has 0 saturated carbocycles. The second-order valence-electron chi connectivity index (χ2n) is 4.83. The normalized spacial score (nSPS) is 19.2. The second kappa shape index (κ2) is 8.70. The minimum Gasteiger partial charge on any atom is -0.465 e. The maximum Gasteiger partial charge on any atom is 0.319 e. The van der Waals surface area contributed by atoms with Crippen LogP contribution in [0.15, 0.2) is 35.5 Å². The summed E-state index contributed by atoms with van der Waals surface area (Å²) in [6, 6.07) is 0.